The molecule has 2 aliphatic rings. The molecule has 2 fully saturated rings. The molecule has 18 heavy (non-hydrogen) atoms. The average Bonchev–Trinajstić information content (AvgIpc) is 2.86. The maximum atomic E-state index is 3.60. The second-order valence-corrected chi connectivity index (χ2v) is 6.33. The number of nitrogens with one attached hydrogen (secondary N) is 1. The zero-order valence-electron chi connectivity index (χ0n) is 12.3. The number of likely N-dealkylation sites (tertiary alicyclic amines) is 1. The molecule has 0 amide bonds. The van der Waals surface area contributed by atoms with Gasteiger partial charge in [0.05, 0.1) is 0 Å². The van der Waals surface area contributed by atoms with E-state index >= 15 is 0 Å². The van der Waals surface area contributed by atoms with E-state index < -0.39 is 0 Å². The van der Waals surface area contributed by atoms with E-state index in [1.807, 2.05) is 0 Å². The monoisotopic (exact) mass is 252 g/mol. The first kappa shape index (κ1) is 14.3. The molecular formula is C16H32N2. The molecule has 0 radical (unpaired) electrons. The highest BCUT2D eigenvalue weighted by atomic mass is 15.2. The fraction of sp³-hybridized carbons (Fsp3) is 1.00. The maximum Gasteiger partial charge on any atom is 0.0221 e. The van der Waals surface area contributed by atoms with Gasteiger partial charge in [-0.15, -0.1) is 0 Å². The second kappa shape index (κ2) is 8.16. The van der Waals surface area contributed by atoms with Crippen LogP contribution < -0.4 is 5.32 Å². The minimum Gasteiger partial charge on any atom is -0.315 e. The summed E-state index contributed by atoms with van der Waals surface area (Å²) < 4.78 is 0. The summed E-state index contributed by atoms with van der Waals surface area (Å²) in [4.78, 5) is 2.76. The lowest BCUT2D eigenvalue weighted by Crippen LogP contribution is -2.39. The number of hydrogen-bond donors (Lipinski definition) is 1. The zero-order chi connectivity index (χ0) is 12.6. The first-order valence-electron chi connectivity index (χ1n) is 8.35. The summed E-state index contributed by atoms with van der Waals surface area (Å²) in [6, 6.07) is 0.833. The first-order chi connectivity index (χ1) is 8.90. The van der Waals surface area contributed by atoms with Gasteiger partial charge < -0.3 is 5.32 Å². The lowest BCUT2D eigenvalue weighted by molar-refractivity contribution is 0.214. The maximum absolute atomic E-state index is 3.60. The van der Waals surface area contributed by atoms with E-state index in [9.17, 15) is 0 Å². The van der Waals surface area contributed by atoms with Gasteiger partial charge in [-0.25, -0.2) is 0 Å². The SMILES string of the molecule is CCCNCC1CCCN1CCC1CCCCC1. The van der Waals surface area contributed by atoms with E-state index in [2.05, 4.69) is 17.1 Å². The lowest BCUT2D eigenvalue weighted by atomic mass is 9.87. The van der Waals surface area contributed by atoms with Crippen LogP contribution >= 0.6 is 0 Å². The molecule has 0 aromatic heterocycles. The van der Waals surface area contributed by atoms with Crippen LogP contribution in [0.4, 0.5) is 0 Å². The quantitative estimate of drug-likeness (QED) is 0.698. The summed E-state index contributed by atoms with van der Waals surface area (Å²) >= 11 is 0. The lowest BCUT2D eigenvalue weighted by Gasteiger charge is -2.28. The normalized spacial score (nSPS) is 26.8. The van der Waals surface area contributed by atoms with E-state index in [-0.39, 0.29) is 0 Å². The molecule has 2 heteroatoms. The van der Waals surface area contributed by atoms with E-state index in [0.717, 1.165) is 12.0 Å². The Hall–Kier alpha value is -0.0800. The van der Waals surface area contributed by atoms with Crippen molar-refractivity contribution in [3.05, 3.63) is 0 Å². The Morgan fingerprint density at radius 2 is 1.89 bits per heavy atom. The van der Waals surface area contributed by atoms with Gasteiger partial charge in [-0.2, -0.15) is 0 Å². The van der Waals surface area contributed by atoms with Crippen LogP contribution in [-0.2, 0) is 0 Å². The Morgan fingerprint density at radius 1 is 1.06 bits per heavy atom. The summed E-state index contributed by atoms with van der Waals surface area (Å²) in [5.41, 5.74) is 0. The van der Waals surface area contributed by atoms with Crippen molar-refractivity contribution < 1.29 is 0 Å². The fourth-order valence-electron chi connectivity index (χ4n) is 3.69. The highest BCUT2D eigenvalue weighted by Gasteiger charge is 2.24. The number of hydrogen-bond acceptors (Lipinski definition) is 2. The Balaban J connectivity index is 1.63. The predicted octanol–water partition coefficient (Wildman–Crippen LogP) is 3.42. The molecule has 1 atom stereocenters. The molecule has 1 heterocycles. The molecule has 1 unspecified atom stereocenters. The molecule has 1 aliphatic heterocycles. The van der Waals surface area contributed by atoms with Gasteiger partial charge in [-0.05, 0) is 51.2 Å². The van der Waals surface area contributed by atoms with Crippen molar-refractivity contribution in [1.82, 2.24) is 10.2 Å². The van der Waals surface area contributed by atoms with Gasteiger partial charge in [0, 0.05) is 12.6 Å². The second-order valence-electron chi connectivity index (χ2n) is 6.33. The van der Waals surface area contributed by atoms with Gasteiger partial charge in [-0.3, -0.25) is 4.90 Å². The smallest absolute Gasteiger partial charge is 0.0221 e. The molecule has 106 valence electrons. The van der Waals surface area contributed by atoms with Crippen molar-refractivity contribution in [2.45, 2.75) is 70.8 Å². The highest BCUT2D eigenvalue weighted by molar-refractivity contribution is 4.81. The van der Waals surface area contributed by atoms with Gasteiger partial charge in [0.15, 0.2) is 0 Å². The molecule has 2 nitrogen and oxygen atoms in total. The molecule has 0 bridgehead atoms. The summed E-state index contributed by atoms with van der Waals surface area (Å²) in [7, 11) is 0. The molecule has 1 saturated heterocycles. The van der Waals surface area contributed by atoms with Crippen molar-refractivity contribution in [2.75, 3.05) is 26.2 Å². The van der Waals surface area contributed by atoms with Crippen molar-refractivity contribution >= 4 is 0 Å². The highest BCUT2D eigenvalue weighted by Crippen LogP contribution is 2.27. The third-order valence-corrected chi connectivity index (χ3v) is 4.86. The largest absolute Gasteiger partial charge is 0.315 e. The van der Waals surface area contributed by atoms with Gasteiger partial charge in [-0.1, -0.05) is 39.0 Å². The van der Waals surface area contributed by atoms with Gasteiger partial charge in [0.1, 0.15) is 0 Å². The minimum absolute atomic E-state index is 0.833. The zero-order valence-corrected chi connectivity index (χ0v) is 12.3. The number of nitrogens with zero attached hydrogens (tertiary/aromatic N) is 1. The van der Waals surface area contributed by atoms with Crippen LogP contribution in [0.5, 0.6) is 0 Å². The minimum atomic E-state index is 0.833. The van der Waals surface area contributed by atoms with Gasteiger partial charge in [0.2, 0.25) is 0 Å². The Bertz CT molecular complexity index is 211. The third-order valence-electron chi connectivity index (χ3n) is 4.86. The Kier molecular flexibility index (Phi) is 6.50. The van der Waals surface area contributed by atoms with Crippen molar-refractivity contribution in [1.29, 1.82) is 0 Å². The fourth-order valence-corrected chi connectivity index (χ4v) is 3.69. The van der Waals surface area contributed by atoms with Gasteiger partial charge in [0.25, 0.3) is 0 Å². The standard InChI is InChI=1S/C16H32N2/c1-2-11-17-14-16-9-6-12-18(16)13-10-15-7-4-3-5-8-15/h15-17H,2-14H2,1H3. The van der Waals surface area contributed by atoms with Gasteiger partial charge >= 0.3 is 0 Å². The van der Waals surface area contributed by atoms with Crippen LogP contribution in [0.1, 0.15) is 64.7 Å². The molecule has 0 aromatic carbocycles. The molecule has 1 saturated carbocycles. The van der Waals surface area contributed by atoms with Crippen LogP contribution in [-0.4, -0.2) is 37.1 Å². The van der Waals surface area contributed by atoms with E-state index in [0.29, 0.717) is 0 Å². The van der Waals surface area contributed by atoms with Crippen LogP contribution in [0, 0.1) is 5.92 Å². The van der Waals surface area contributed by atoms with Crippen LogP contribution in [0.15, 0.2) is 0 Å². The molecular weight excluding hydrogens is 220 g/mol. The molecule has 1 aliphatic carbocycles. The number of rotatable bonds is 7. The van der Waals surface area contributed by atoms with E-state index in [4.69, 9.17) is 0 Å². The van der Waals surface area contributed by atoms with Crippen molar-refractivity contribution in [3.8, 4) is 0 Å². The predicted molar refractivity (Wildman–Crippen MR) is 78.9 cm³/mol. The summed E-state index contributed by atoms with van der Waals surface area (Å²) in [5.74, 6) is 1.05. The summed E-state index contributed by atoms with van der Waals surface area (Å²) in [5, 5.41) is 3.60. The molecule has 0 aromatic rings. The van der Waals surface area contributed by atoms with Crippen molar-refractivity contribution in [3.63, 3.8) is 0 Å². The summed E-state index contributed by atoms with van der Waals surface area (Å²) in [6.07, 6.45) is 13.0. The first-order valence-corrected chi connectivity index (χ1v) is 8.35. The topological polar surface area (TPSA) is 15.3 Å². The van der Waals surface area contributed by atoms with E-state index in [1.165, 1.54) is 84.0 Å². The van der Waals surface area contributed by atoms with E-state index in [1.54, 1.807) is 0 Å². The third kappa shape index (κ3) is 4.55. The van der Waals surface area contributed by atoms with Crippen molar-refractivity contribution in [2.24, 2.45) is 5.92 Å². The summed E-state index contributed by atoms with van der Waals surface area (Å²) in [6.45, 7) is 7.38. The molecule has 0 spiro atoms. The Morgan fingerprint density at radius 3 is 2.67 bits per heavy atom. The molecule has 1 N–H and O–H groups in total. The Labute approximate surface area is 114 Å². The average molecular weight is 252 g/mol. The van der Waals surface area contributed by atoms with Crippen LogP contribution in [0.2, 0.25) is 0 Å². The molecule has 2 rings (SSSR count). The van der Waals surface area contributed by atoms with Crippen LogP contribution in [0.25, 0.3) is 0 Å². The van der Waals surface area contributed by atoms with Crippen LogP contribution in [0.3, 0.4) is 0 Å².